The molecule has 0 saturated carbocycles. The van der Waals surface area contributed by atoms with E-state index in [4.69, 9.17) is 4.74 Å². The van der Waals surface area contributed by atoms with Gasteiger partial charge >= 0.3 is 5.97 Å². The van der Waals surface area contributed by atoms with Crippen LogP contribution >= 0.6 is 15.9 Å². The van der Waals surface area contributed by atoms with Crippen molar-refractivity contribution in [2.45, 2.75) is 44.8 Å². The summed E-state index contributed by atoms with van der Waals surface area (Å²) in [5, 5.41) is 13.0. The van der Waals surface area contributed by atoms with Crippen molar-refractivity contribution in [3.8, 4) is 6.07 Å². The number of hydrogen-bond donors (Lipinski definition) is 1. The van der Waals surface area contributed by atoms with Crippen LogP contribution in [-0.4, -0.2) is 18.6 Å². The average molecular weight is 441 g/mol. The van der Waals surface area contributed by atoms with Gasteiger partial charge in [-0.05, 0) is 37.1 Å². The number of halogens is 1. The Labute approximate surface area is 175 Å². The molecule has 1 aliphatic rings. The zero-order valence-electron chi connectivity index (χ0n) is 16.4. The quantitative estimate of drug-likeness (QED) is 0.671. The lowest BCUT2D eigenvalue weighted by atomic mass is 9.76. The Morgan fingerprint density at radius 1 is 1.25 bits per heavy atom. The highest BCUT2D eigenvalue weighted by molar-refractivity contribution is 9.10. The molecule has 28 heavy (non-hydrogen) atoms. The molecule has 1 heterocycles. The largest absolute Gasteiger partial charge is 0.452 e. The van der Waals surface area contributed by atoms with E-state index in [0.29, 0.717) is 13.0 Å². The van der Waals surface area contributed by atoms with Gasteiger partial charge in [-0.15, -0.1) is 0 Å². The van der Waals surface area contributed by atoms with Gasteiger partial charge in [-0.25, -0.2) is 0 Å². The number of cyclic esters (lactones) is 1. The molecule has 4 nitrogen and oxygen atoms in total. The molecule has 0 radical (unpaired) electrons. The van der Waals surface area contributed by atoms with Gasteiger partial charge in [0.2, 0.25) is 0 Å². The molecule has 1 N–H and O–H groups in total. The molecule has 1 saturated heterocycles. The third-order valence-corrected chi connectivity index (χ3v) is 5.91. The summed E-state index contributed by atoms with van der Waals surface area (Å²) in [6.45, 7) is 6.25. The van der Waals surface area contributed by atoms with Gasteiger partial charge in [-0.3, -0.25) is 10.1 Å². The molecule has 5 heteroatoms. The maximum atomic E-state index is 13.1. The van der Waals surface area contributed by atoms with Gasteiger partial charge in [0, 0.05) is 23.4 Å². The van der Waals surface area contributed by atoms with E-state index in [0.717, 1.165) is 15.6 Å². The Morgan fingerprint density at radius 2 is 1.89 bits per heavy atom. The second-order valence-electron chi connectivity index (χ2n) is 8.15. The highest BCUT2D eigenvalue weighted by Gasteiger charge is 2.47. The fraction of sp³-hybridized carbons (Fsp3) is 0.391. The lowest BCUT2D eigenvalue weighted by Gasteiger charge is -2.44. The molecule has 146 valence electrons. The van der Waals surface area contributed by atoms with Crippen LogP contribution in [0.3, 0.4) is 0 Å². The minimum absolute atomic E-state index is 0.0293. The normalized spacial score (nSPS) is 23.5. The molecule has 0 bridgehead atoms. The molecule has 0 aliphatic carbocycles. The van der Waals surface area contributed by atoms with E-state index in [1.54, 1.807) is 0 Å². The molecular weight excluding hydrogens is 416 g/mol. The van der Waals surface area contributed by atoms with Crippen molar-refractivity contribution in [1.82, 2.24) is 5.32 Å². The molecule has 0 amide bonds. The van der Waals surface area contributed by atoms with Crippen molar-refractivity contribution in [1.29, 1.82) is 5.26 Å². The fourth-order valence-electron chi connectivity index (χ4n) is 3.85. The number of hydrogen-bond acceptors (Lipinski definition) is 4. The fourth-order valence-corrected chi connectivity index (χ4v) is 4.11. The van der Waals surface area contributed by atoms with Crippen LogP contribution in [0.5, 0.6) is 0 Å². The van der Waals surface area contributed by atoms with Crippen molar-refractivity contribution < 1.29 is 9.53 Å². The molecule has 1 aliphatic heterocycles. The topological polar surface area (TPSA) is 62.1 Å². The van der Waals surface area contributed by atoms with Crippen LogP contribution in [0.1, 0.15) is 44.2 Å². The maximum Gasteiger partial charge on any atom is 0.324 e. The van der Waals surface area contributed by atoms with Crippen LogP contribution in [-0.2, 0) is 15.1 Å². The number of nitriles is 1. The summed E-state index contributed by atoms with van der Waals surface area (Å²) in [6, 6.07) is 19.6. The van der Waals surface area contributed by atoms with E-state index < -0.39 is 17.1 Å². The van der Waals surface area contributed by atoms with Crippen molar-refractivity contribution in [3.63, 3.8) is 0 Å². The number of carbonyl (C=O) groups excluding carboxylic acids is 1. The number of carbonyl (C=O) groups is 1. The Hall–Kier alpha value is -2.16. The Kier molecular flexibility index (Phi) is 5.92. The Morgan fingerprint density at radius 3 is 2.46 bits per heavy atom. The second-order valence-corrected chi connectivity index (χ2v) is 9.07. The van der Waals surface area contributed by atoms with Gasteiger partial charge in [-0.1, -0.05) is 65.3 Å². The molecule has 2 aromatic rings. The zero-order valence-corrected chi connectivity index (χ0v) is 18.0. The first-order chi connectivity index (χ1) is 13.3. The Balaban J connectivity index is 1.88. The van der Waals surface area contributed by atoms with Gasteiger partial charge in [0.05, 0.1) is 11.5 Å². The van der Waals surface area contributed by atoms with E-state index in [9.17, 15) is 10.1 Å². The van der Waals surface area contributed by atoms with Gasteiger partial charge in [-0.2, -0.15) is 5.26 Å². The van der Waals surface area contributed by atoms with E-state index in [1.165, 1.54) is 0 Å². The van der Waals surface area contributed by atoms with Gasteiger partial charge in [0.25, 0.3) is 0 Å². The van der Waals surface area contributed by atoms with Gasteiger partial charge < -0.3 is 4.74 Å². The molecule has 3 atom stereocenters. The predicted molar refractivity (Wildman–Crippen MR) is 113 cm³/mol. The van der Waals surface area contributed by atoms with E-state index in [-0.39, 0.29) is 11.9 Å². The number of morpholine rings is 1. The average Bonchev–Trinajstić information content (AvgIpc) is 2.68. The molecule has 2 unspecified atom stereocenters. The number of ether oxygens (including phenoxy) is 1. The third-order valence-electron chi connectivity index (χ3n) is 5.38. The molecule has 2 aromatic carbocycles. The first-order valence-electron chi connectivity index (χ1n) is 9.45. The standard InChI is InChI=1S/C23H25BrN2O2/c1-16(17-9-11-19(24)12-10-17)20-21(27)28-23(15-26-20,13-22(2,3)14-25)18-7-5-4-6-8-18/h4-12,16,20,26H,13,15H2,1-3H3/t16-,20?,23?/m0/s1. The summed E-state index contributed by atoms with van der Waals surface area (Å²) in [4.78, 5) is 13.1. The number of esters is 1. The monoisotopic (exact) mass is 440 g/mol. The summed E-state index contributed by atoms with van der Waals surface area (Å²) in [7, 11) is 0. The lowest BCUT2D eigenvalue weighted by Crippen LogP contribution is -2.58. The van der Waals surface area contributed by atoms with Crippen molar-refractivity contribution >= 4 is 21.9 Å². The van der Waals surface area contributed by atoms with Crippen LogP contribution in [0.15, 0.2) is 59.1 Å². The van der Waals surface area contributed by atoms with Crippen LogP contribution in [0.4, 0.5) is 0 Å². The van der Waals surface area contributed by atoms with Crippen molar-refractivity contribution in [2.24, 2.45) is 5.41 Å². The highest BCUT2D eigenvalue weighted by Crippen LogP contribution is 2.40. The number of nitrogens with one attached hydrogen (secondary N) is 1. The van der Waals surface area contributed by atoms with Gasteiger partial charge in [0.15, 0.2) is 5.60 Å². The summed E-state index contributed by atoms with van der Waals surface area (Å²) in [5.41, 5.74) is 0.506. The van der Waals surface area contributed by atoms with Crippen LogP contribution in [0.25, 0.3) is 0 Å². The number of rotatable bonds is 5. The number of nitrogens with zero attached hydrogens (tertiary/aromatic N) is 1. The Bertz CT molecular complexity index is 874. The molecular formula is C23H25BrN2O2. The zero-order chi connectivity index (χ0) is 20.4. The minimum Gasteiger partial charge on any atom is -0.452 e. The summed E-state index contributed by atoms with van der Waals surface area (Å²) >= 11 is 3.44. The first kappa shape index (κ1) is 20.6. The third kappa shape index (κ3) is 4.29. The van der Waals surface area contributed by atoms with E-state index >= 15 is 0 Å². The lowest BCUT2D eigenvalue weighted by molar-refractivity contribution is -0.175. The van der Waals surface area contributed by atoms with Crippen molar-refractivity contribution in [3.05, 3.63) is 70.2 Å². The highest BCUT2D eigenvalue weighted by atomic mass is 79.9. The summed E-state index contributed by atoms with van der Waals surface area (Å²) in [5.74, 6) is -0.308. The molecule has 3 rings (SSSR count). The van der Waals surface area contributed by atoms with E-state index in [2.05, 4.69) is 27.3 Å². The van der Waals surface area contributed by atoms with Crippen LogP contribution in [0.2, 0.25) is 0 Å². The number of benzene rings is 2. The predicted octanol–water partition coefficient (Wildman–Crippen LogP) is 4.90. The van der Waals surface area contributed by atoms with Crippen molar-refractivity contribution in [2.75, 3.05) is 6.54 Å². The van der Waals surface area contributed by atoms with Crippen LogP contribution < -0.4 is 5.32 Å². The van der Waals surface area contributed by atoms with Gasteiger partial charge in [0.1, 0.15) is 6.04 Å². The second kappa shape index (κ2) is 8.06. The SMILES string of the molecule is C[C@@H](c1ccc(Br)cc1)C1NCC(CC(C)(C)C#N)(c2ccccc2)OC1=O. The smallest absolute Gasteiger partial charge is 0.324 e. The maximum absolute atomic E-state index is 13.1. The molecule has 0 spiro atoms. The minimum atomic E-state index is -0.854. The molecule has 1 fully saturated rings. The summed E-state index contributed by atoms with van der Waals surface area (Å²) < 4.78 is 7.12. The van der Waals surface area contributed by atoms with E-state index in [1.807, 2.05) is 75.4 Å². The molecule has 0 aromatic heterocycles. The summed E-state index contributed by atoms with van der Waals surface area (Å²) in [6.07, 6.45) is 0.429. The first-order valence-corrected chi connectivity index (χ1v) is 10.2. The van der Waals surface area contributed by atoms with Crippen LogP contribution in [0, 0.1) is 16.7 Å².